The van der Waals surface area contributed by atoms with Crippen molar-refractivity contribution < 1.29 is 0 Å². The molecule has 2 N–H and O–H groups in total. The Morgan fingerprint density at radius 1 is 1.11 bits per heavy atom. The van der Waals surface area contributed by atoms with Gasteiger partial charge in [-0.15, -0.1) is 0 Å². The second-order valence-corrected chi connectivity index (χ2v) is 8.17. The Hall–Kier alpha value is -1.79. The van der Waals surface area contributed by atoms with E-state index in [0.717, 1.165) is 51.6 Å². The van der Waals surface area contributed by atoms with E-state index in [0.29, 0.717) is 6.04 Å². The van der Waals surface area contributed by atoms with Crippen molar-refractivity contribution in [2.75, 3.05) is 70.9 Å². The molecule has 1 unspecified atom stereocenters. The number of rotatable bonds is 6. The van der Waals surface area contributed by atoms with Crippen LogP contribution in [0.1, 0.15) is 25.3 Å². The van der Waals surface area contributed by atoms with Gasteiger partial charge in [-0.3, -0.25) is 4.99 Å². The average Bonchev–Trinajstić information content (AvgIpc) is 3.04. The highest BCUT2D eigenvalue weighted by atomic mass is 15.3. The molecule has 0 bridgehead atoms. The lowest BCUT2D eigenvalue weighted by Crippen LogP contribution is -2.45. The van der Waals surface area contributed by atoms with Crippen LogP contribution in [-0.4, -0.2) is 87.8 Å². The average molecular weight is 387 g/mol. The maximum absolute atomic E-state index is 4.85. The zero-order valence-electron chi connectivity index (χ0n) is 18.0. The van der Waals surface area contributed by atoms with Gasteiger partial charge in [0.2, 0.25) is 0 Å². The van der Waals surface area contributed by atoms with Crippen LogP contribution in [0.4, 0.5) is 5.69 Å². The molecule has 2 aliphatic rings. The number of benzene rings is 1. The van der Waals surface area contributed by atoms with Gasteiger partial charge in [0, 0.05) is 51.0 Å². The summed E-state index contributed by atoms with van der Waals surface area (Å²) in [5, 5.41) is 7.08. The van der Waals surface area contributed by atoms with Crippen molar-refractivity contribution in [3.8, 4) is 0 Å². The number of guanidine groups is 1. The van der Waals surface area contributed by atoms with Crippen LogP contribution in [0.5, 0.6) is 0 Å². The third kappa shape index (κ3) is 6.38. The van der Waals surface area contributed by atoms with Crippen LogP contribution in [0.2, 0.25) is 0 Å². The third-order valence-electron chi connectivity index (χ3n) is 5.77. The molecule has 0 spiro atoms. The van der Waals surface area contributed by atoms with Crippen molar-refractivity contribution in [1.29, 1.82) is 0 Å². The molecule has 2 aliphatic heterocycles. The molecule has 1 aromatic carbocycles. The highest BCUT2D eigenvalue weighted by molar-refractivity contribution is 5.80. The van der Waals surface area contributed by atoms with Crippen LogP contribution in [0.3, 0.4) is 0 Å². The van der Waals surface area contributed by atoms with E-state index >= 15 is 0 Å². The predicted molar refractivity (Wildman–Crippen MR) is 119 cm³/mol. The van der Waals surface area contributed by atoms with E-state index in [1.807, 2.05) is 0 Å². The number of likely N-dealkylation sites (N-methyl/N-ethyl adjacent to an activating group) is 1. The number of aliphatic imine (C=N–C) groups is 1. The monoisotopic (exact) mass is 386 g/mol. The predicted octanol–water partition coefficient (Wildman–Crippen LogP) is 1.77. The zero-order valence-corrected chi connectivity index (χ0v) is 18.0. The molecule has 0 amide bonds. The molecule has 28 heavy (non-hydrogen) atoms. The van der Waals surface area contributed by atoms with E-state index in [1.165, 1.54) is 37.3 Å². The second-order valence-electron chi connectivity index (χ2n) is 8.17. The Kier molecular flexibility index (Phi) is 7.98. The number of aryl methyl sites for hydroxylation is 1. The second kappa shape index (κ2) is 10.7. The SMILES string of the molecule is CCNC(=NCCN1CCCN(C)CC1)NC1CCN(c2ccc(C)cc2)C1. The largest absolute Gasteiger partial charge is 0.369 e. The fourth-order valence-corrected chi connectivity index (χ4v) is 4.01. The maximum Gasteiger partial charge on any atom is 0.191 e. The molecule has 2 heterocycles. The van der Waals surface area contributed by atoms with Crippen LogP contribution in [0, 0.1) is 6.92 Å². The summed E-state index contributed by atoms with van der Waals surface area (Å²) in [5.74, 6) is 0.963. The Bertz CT molecular complexity index is 614. The quantitative estimate of drug-likeness (QED) is 0.576. The fraction of sp³-hybridized carbons (Fsp3) is 0.682. The number of hydrogen-bond acceptors (Lipinski definition) is 4. The molecule has 0 radical (unpaired) electrons. The standard InChI is InChI=1S/C22H38N6/c1-4-23-22(24-11-15-27-13-5-12-26(3)16-17-27)25-20-10-14-28(18-20)21-8-6-19(2)7-9-21/h6-9,20H,4-5,10-18H2,1-3H3,(H2,23,24,25). The lowest BCUT2D eigenvalue weighted by Gasteiger charge is -2.21. The first kappa shape index (κ1) is 20.9. The molecule has 2 saturated heterocycles. The summed E-state index contributed by atoms with van der Waals surface area (Å²) in [6, 6.07) is 9.31. The smallest absolute Gasteiger partial charge is 0.191 e. The minimum atomic E-state index is 0.450. The summed E-state index contributed by atoms with van der Waals surface area (Å²) in [5.41, 5.74) is 2.64. The first-order chi connectivity index (χ1) is 13.6. The zero-order chi connectivity index (χ0) is 19.8. The molecule has 6 nitrogen and oxygen atoms in total. The van der Waals surface area contributed by atoms with E-state index < -0.39 is 0 Å². The van der Waals surface area contributed by atoms with Gasteiger partial charge in [-0.25, -0.2) is 0 Å². The van der Waals surface area contributed by atoms with E-state index in [1.54, 1.807) is 0 Å². The van der Waals surface area contributed by atoms with Crippen LogP contribution in [0.25, 0.3) is 0 Å². The highest BCUT2D eigenvalue weighted by Crippen LogP contribution is 2.20. The molecule has 0 aromatic heterocycles. The number of anilines is 1. The summed E-state index contributed by atoms with van der Waals surface area (Å²) >= 11 is 0. The Morgan fingerprint density at radius 2 is 1.93 bits per heavy atom. The Labute approximate surface area is 171 Å². The molecule has 1 atom stereocenters. The molecule has 1 aromatic rings. The fourth-order valence-electron chi connectivity index (χ4n) is 4.01. The van der Waals surface area contributed by atoms with Crippen molar-refractivity contribution in [1.82, 2.24) is 20.4 Å². The van der Waals surface area contributed by atoms with Gasteiger partial charge in [-0.1, -0.05) is 17.7 Å². The van der Waals surface area contributed by atoms with E-state index in [4.69, 9.17) is 4.99 Å². The van der Waals surface area contributed by atoms with Gasteiger partial charge in [0.1, 0.15) is 0 Å². The van der Waals surface area contributed by atoms with Gasteiger partial charge in [-0.05, 0) is 59.0 Å². The number of nitrogens with one attached hydrogen (secondary N) is 2. The topological polar surface area (TPSA) is 46.1 Å². The summed E-state index contributed by atoms with van der Waals surface area (Å²) in [6.45, 7) is 13.9. The summed E-state index contributed by atoms with van der Waals surface area (Å²) in [7, 11) is 2.22. The van der Waals surface area contributed by atoms with E-state index in [-0.39, 0.29) is 0 Å². The lowest BCUT2D eigenvalue weighted by atomic mass is 10.2. The number of nitrogens with zero attached hydrogens (tertiary/aromatic N) is 4. The highest BCUT2D eigenvalue weighted by Gasteiger charge is 2.23. The molecule has 2 fully saturated rings. The third-order valence-corrected chi connectivity index (χ3v) is 5.77. The number of hydrogen-bond donors (Lipinski definition) is 2. The molecule has 0 aliphatic carbocycles. The van der Waals surface area contributed by atoms with Crippen LogP contribution in [0.15, 0.2) is 29.3 Å². The molecule has 6 heteroatoms. The summed E-state index contributed by atoms with van der Waals surface area (Å²) in [4.78, 5) is 12.3. The molecular formula is C22H38N6. The van der Waals surface area contributed by atoms with Gasteiger partial charge in [0.15, 0.2) is 5.96 Å². The van der Waals surface area contributed by atoms with Gasteiger partial charge in [0.25, 0.3) is 0 Å². The van der Waals surface area contributed by atoms with Crippen molar-refractivity contribution in [2.45, 2.75) is 32.7 Å². The van der Waals surface area contributed by atoms with Crippen molar-refractivity contribution in [3.05, 3.63) is 29.8 Å². The van der Waals surface area contributed by atoms with Gasteiger partial charge in [0.05, 0.1) is 6.54 Å². The summed E-state index contributed by atoms with van der Waals surface area (Å²) < 4.78 is 0. The molecule has 3 rings (SSSR count). The first-order valence-electron chi connectivity index (χ1n) is 10.9. The lowest BCUT2D eigenvalue weighted by molar-refractivity contribution is 0.283. The minimum Gasteiger partial charge on any atom is -0.369 e. The normalized spacial score (nSPS) is 22.3. The summed E-state index contributed by atoms with van der Waals surface area (Å²) in [6.07, 6.45) is 2.41. The Balaban J connectivity index is 1.47. The Morgan fingerprint density at radius 3 is 2.71 bits per heavy atom. The van der Waals surface area contributed by atoms with E-state index in [9.17, 15) is 0 Å². The van der Waals surface area contributed by atoms with Gasteiger partial charge >= 0.3 is 0 Å². The van der Waals surface area contributed by atoms with Crippen LogP contribution >= 0.6 is 0 Å². The molecular weight excluding hydrogens is 348 g/mol. The van der Waals surface area contributed by atoms with Gasteiger partial charge < -0.3 is 25.3 Å². The first-order valence-corrected chi connectivity index (χ1v) is 10.9. The van der Waals surface area contributed by atoms with E-state index in [2.05, 4.69) is 70.5 Å². The van der Waals surface area contributed by atoms with Crippen LogP contribution < -0.4 is 15.5 Å². The van der Waals surface area contributed by atoms with Gasteiger partial charge in [-0.2, -0.15) is 0 Å². The van der Waals surface area contributed by atoms with Crippen molar-refractivity contribution in [2.24, 2.45) is 4.99 Å². The van der Waals surface area contributed by atoms with Crippen molar-refractivity contribution in [3.63, 3.8) is 0 Å². The maximum atomic E-state index is 4.85. The molecule has 156 valence electrons. The minimum absolute atomic E-state index is 0.450. The van der Waals surface area contributed by atoms with Crippen LogP contribution in [-0.2, 0) is 0 Å². The van der Waals surface area contributed by atoms with Crippen molar-refractivity contribution >= 4 is 11.6 Å². The molecule has 0 saturated carbocycles.